The Kier molecular flexibility index (Phi) is 4.68. The maximum Gasteiger partial charge on any atom is 0.189 e. The Hall–Kier alpha value is -2.58. The quantitative estimate of drug-likeness (QED) is 0.316. The molecule has 0 aliphatic heterocycles. The second-order valence-corrected chi connectivity index (χ2v) is 5.67. The van der Waals surface area contributed by atoms with Gasteiger partial charge in [0.25, 0.3) is 0 Å². The molecule has 0 spiro atoms. The van der Waals surface area contributed by atoms with Crippen molar-refractivity contribution in [2.45, 2.75) is 5.16 Å². The maximum absolute atomic E-state index is 5.67. The molecule has 0 aliphatic carbocycles. The van der Waals surface area contributed by atoms with Crippen LogP contribution in [0.3, 0.4) is 0 Å². The lowest BCUT2D eigenvalue weighted by molar-refractivity contribution is 0.394. The number of ether oxygens (including phenoxy) is 2. The van der Waals surface area contributed by atoms with Crippen LogP contribution in [0, 0.1) is 0 Å². The summed E-state index contributed by atoms with van der Waals surface area (Å²) in [5.41, 5.74) is 4.89. The lowest BCUT2D eigenvalue weighted by atomic mass is 10.0. The fourth-order valence-corrected chi connectivity index (χ4v) is 2.68. The number of hydrazine groups is 1. The highest BCUT2D eigenvalue weighted by molar-refractivity contribution is 7.98. The molecule has 3 aromatic rings. The standard InChI is InChI=1S/C16H17N5O2S/c1-22-11-4-9(5-12(7-11)23-2)13-6-10-8-18-16(24-3)20-14(10)19-15(13)21-17/h4-8H,17H2,1-3H3,(H,18,19,20,21). The van der Waals surface area contributed by atoms with Gasteiger partial charge in [-0.15, -0.1) is 0 Å². The first-order chi connectivity index (χ1) is 11.7. The number of hydrogen-bond acceptors (Lipinski definition) is 8. The molecule has 3 N–H and O–H groups in total. The summed E-state index contributed by atoms with van der Waals surface area (Å²) in [7, 11) is 3.22. The van der Waals surface area contributed by atoms with Crippen molar-refractivity contribution in [1.82, 2.24) is 15.0 Å². The predicted octanol–water partition coefficient (Wildman–Crippen LogP) is 2.72. The summed E-state index contributed by atoms with van der Waals surface area (Å²) in [5.74, 6) is 7.55. The second-order valence-electron chi connectivity index (χ2n) is 4.90. The van der Waals surface area contributed by atoms with Crippen LogP contribution in [-0.2, 0) is 0 Å². The summed E-state index contributed by atoms with van der Waals surface area (Å²) in [6.45, 7) is 0. The van der Waals surface area contributed by atoms with E-state index in [0.717, 1.165) is 16.5 Å². The molecule has 0 saturated heterocycles. The summed E-state index contributed by atoms with van der Waals surface area (Å²) >= 11 is 1.46. The lowest BCUT2D eigenvalue weighted by Crippen LogP contribution is -2.10. The first-order valence-corrected chi connectivity index (χ1v) is 8.32. The summed E-state index contributed by atoms with van der Waals surface area (Å²) in [6, 6.07) is 7.53. The van der Waals surface area contributed by atoms with Crippen molar-refractivity contribution in [3.05, 3.63) is 30.5 Å². The van der Waals surface area contributed by atoms with E-state index in [-0.39, 0.29) is 0 Å². The number of pyridine rings is 1. The highest BCUT2D eigenvalue weighted by Crippen LogP contribution is 2.34. The van der Waals surface area contributed by atoms with Gasteiger partial charge in [0.2, 0.25) is 0 Å². The Morgan fingerprint density at radius 2 is 1.75 bits per heavy atom. The Balaban J connectivity index is 2.21. The molecule has 0 unspecified atom stereocenters. The Morgan fingerprint density at radius 3 is 2.33 bits per heavy atom. The average Bonchev–Trinajstić information content (AvgIpc) is 2.65. The minimum absolute atomic E-state index is 0.517. The summed E-state index contributed by atoms with van der Waals surface area (Å²) in [5, 5.41) is 1.48. The number of fused-ring (bicyclic) bond motifs is 1. The SMILES string of the molecule is COc1cc(OC)cc(-c2cc3cnc(SC)nc3nc2NN)c1. The van der Waals surface area contributed by atoms with Crippen molar-refractivity contribution in [2.75, 3.05) is 25.9 Å². The van der Waals surface area contributed by atoms with E-state index in [1.807, 2.05) is 24.5 Å². The molecule has 0 aliphatic rings. The minimum atomic E-state index is 0.517. The molecule has 3 rings (SSSR count). The third-order valence-corrected chi connectivity index (χ3v) is 4.09. The molecule has 0 radical (unpaired) electrons. The Morgan fingerprint density at radius 1 is 1.04 bits per heavy atom. The van der Waals surface area contributed by atoms with Crippen molar-refractivity contribution in [2.24, 2.45) is 5.84 Å². The number of anilines is 1. The van der Waals surface area contributed by atoms with Crippen LogP contribution in [0.15, 0.2) is 35.6 Å². The van der Waals surface area contributed by atoms with Gasteiger partial charge in [-0.05, 0) is 30.0 Å². The zero-order chi connectivity index (χ0) is 17.1. The van der Waals surface area contributed by atoms with Crippen molar-refractivity contribution >= 4 is 28.6 Å². The molecule has 24 heavy (non-hydrogen) atoms. The van der Waals surface area contributed by atoms with Crippen molar-refractivity contribution < 1.29 is 9.47 Å². The Labute approximate surface area is 143 Å². The van der Waals surface area contributed by atoms with Crippen molar-refractivity contribution in [1.29, 1.82) is 0 Å². The van der Waals surface area contributed by atoms with Crippen LogP contribution in [0.4, 0.5) is 5.82 Å². The van der Waals surface area contributed by atoms with E-state index in [4.69, 9.17) is 15.3 Å². The highest BCUT2D eigenvalue weighted by Gasteiger charge is 2.12. The number of nitrogens with one attached hydrogen (secondary N) is 1. The van der Waals surface area contributed by atoms with Gasteiger partial charge in [0.15, 0.2) is 10.8 Å². The topological polar surface area (TPSA) is 95.2 Å². The number of thioether (sulfide) groups is 1. The van der Waals surface area contributed by atoms with Gasteiger partial charge in [-0.2, -0.15) is 0 Å². The predicted molar refractivity (Wildman–Crippen MR) is 95.5 cm³/mol. The van der Waals surface area contributed by atoms with E-state index in [0.29, 0.717) is 28.1 Å². The third-order valence-electron chi connectivity index (χ3n) is 3.53. The summed E-state index contributed by atoms with van der Waals surface area (Å²) in [6.07, 6.45) is 3.67. The van der Waals surface area contributed by atoms with E-state index in [1.165, 1.54) is 11.8 Å². The molecule has 7 nitrogen and oxygen atoms in total. The van der Waals surface area contributed by atoms with Gasteiger partial charge in [-0.3, -0.25) is 0 Å². The third kappa shape index (κ3) is 3.06. The van der Waals surface area contributed by atoms with Gasteiger partial charge < -0.3 is 14.9 Å². The number of nitrogens with zero attached hydrogens (tertiary/aromatic N) is 3. The molecule has 2 aromatic heterocycles. The van der Waals surface area contributed by atoms with Crippen molar-refractivity contribution in [3.63, 3.8) is 0 Å². The van der Waals surface area contributed by atoms with Crippen LogP contribution in [0.5, 0.6) is 11.5 Å². The van der Waals surface area contributed by atoms with Crippen molar-refractivity contribution in [3.8, 4) is 22.6 Å². The summed E-state index contributed by atoms with van der Waals surface area (Å²) < 4.78 is 10.7. The molecule has 0 bridgehead atoms. The normalized spacial score (nSPS) is 10.7. The average molecular weight is 343 g/mol. The molecule has 8 heteroatoms. The van der Waals surface area contributed by atoms with Crippen LogP contribution >= 0.6 is 11.8 Å². The molecule has 0 fully saturated rings. The fourth-order valence-electron chi connectivity index (χ4n) is 2.34. The number of aromatic nitrogens is 3. The number of rotatable bonds is 5. The smallest absolute Gasteiger partial charge is 0.189 e. The van der Waals surface area contributed by atoms with E-state index in [2.05, 4.69) is 20.4 Å². The van der Waals surface area contributed by atoms with Gasteiger partial charge >= 0.3 is 0 Å². The zero-order valence-corrected chi connectivity index (χ0v) is 14.3. The molecular formula is C16H17N5O2S. The van der Waals surface area contributed by atoms with Gasteiger partial charge in [-0.25, -0.2) is 20.8 Å². The molecule has 0 amide bonds. The number of benzene rings is 1. The largest absolute Gasteiger partial charge is 0.497 e. The molecule has 1 aromatic carbocycles. The van der Waals surface area contributed by atoms with E-state index in [1.54, 1.807) is 26.5 Å². The lowest BCUT2D eigenvalue weighted by Gasteiger charge is -2.12. The fraction of sp³-hybridized carbons (Fsp3) is 0.188. The summed E-state index contributed by atoms with van der Waals surface area (Å²) in [4.78, 5) is 13.2. The molecule has 124 valence electrons. The zero-order valence-electron chi connectivity index (χ0n) is 13.5. The molecule has 2 heterocycles. The molecular weight excluding hydrogens is 326 g/mol. The van der Waals surface area contributed by atoms with E-state index >= 15 is 0 Å². The first kappa shape index (κ1) is 16.3. The van der Waals surface area contributed by atoms with Crippen LogP contribution < -0.4 is 20.7 Å². The Bertz CT molecular complexity index is 865. The minimum Gasteiger partial charge on any atom is -0.497 e. The van der Waals surface area contributed by atoms with Gasteiger partial charge in [0.1, 0.15) is 17.3 Å². The molecule has 0 saturated carbocycles. The van der Waals surface area contributed by atoms with Crippen LogP contribution in [0.25, 0.3) is 22.2 Å². The van der Waals surface area contributed by atoms with Crippen LogP contribution in [0.1, 0.15) is 0 Å². The highest BCUT2D eigenvalue weighted by atomic mass is 32.2. The first-order valence-electron chi connectivity index (χ1n) is 7.10. The van der Waals surface area contributed by atoms with Gasteiger partial charge in [0.05, 0.1) is 14.2 Å². The van der Waals surface area contributed by atoms with E-state index < -0.39 is 0 Å². The van der Waals surface area contributed by atoms with Gasteiger partial charge in [-0.1, -0.05) is 11.8 Å². The number of hydrogen-bond donors (Lipinski definition) is 2. The van der Waals surface area contributed by atoms with Gasteiger partial charge in [0, 0.05) is 23.2 Å². The number of nitrogen functional groups attached to an aromatic ring is 1. The molecule has 0 atom stereocenters. The monoisotopic (exact) mass is 343 g/mol. The van der Waals surface area contributed by atoms with Crippen LogP contribution in [0.2, 0.25) is 0 Å². The van der Waals surface area contributed by atoms with E-state index in [9.17, 15) is 0 Å². The number of methoxy groups -OCH3 is 2. The second kappa shape index (κ2) is 6.90. The van der Waals surface area contributed by atoms with Crippen LogP contribution in [-0.4, -0.2) is 35.4 Å². The maximum atomic E-state index is 5.67. The number of nitrogens with two attached hydrogens (primary N) is 1.